The van der Waals surface area contributed by atoms with Crippen molar-refractivity contribution < 1.29 is 8.42 Å². The number of anilines is 1. The van der Waals surface area contributed by atoms with Crippen LogP contribution in [0.2, 0.25) is 0 Å². The van der Waals surface area contributed by atoms with E-state index in [2.05, 4.69) is 24.8 Å². The Morgan fingerprint density at radius 2 is 2.19 bits per heavy atom. The third-order valence-electron chi connectivity index (χ3n) is 1.91. The van der Waals surface area contributed by atoms with Gasteiger partial charge in [0.1, 0.15) is 12.2 Å². The fourth-order valence-electron chi connectivity index (χ4n) is 1.10. The van der Waals surface area contributed by atoms with E-state index >= 15 is 0 Å². The van der Waals surface area contributed by atoms with E-state index in [1.807, 2.05) is 0 Å². The average Bonchev–Trinajstić information content (AvgIpc) is 2.77. The lowest BCUT2D eigenvalue weighted by atomic mass is 10.8. The van der Waals surface area contributed by atoms with Gasteiger partial charge in [0.25, 0.3) is 10.0 Å². The number of aromatic amines is 1. The molecule has 2 heterocycles. The third kappa shape index (κ3) is 1.89. The number of rotatable bonds is 3. The van der Waals surface area contributed by atoms with Crippen LogP contribution in [-0.2, 0) is 17.1 Å². The van der Waals surface area contributed by atoms with Crippen LogP contribution in [0.15, 0.2) is 17.6 Å². The minimum absolute atomic E-state index is 0.00648. The Hall–Kier alpha value is -1.90. The monoisotopic (exact) mass is 242 g/mol. The molecule has 2 aromatic heterocycles. The van der Waals surface area contributed by atoms with Crippen molar-refractivity contribution in [2.75, 3.05) is 4.72 Å². The molecule has 0 aromatic carbocycles. The molecule has 86 valence electrons. The Labute approximate surface area is 91.8 Å². The molecule has 0 saturated heterocycles. The van der Waals surface area contributed by atoms with E-state index < -0.39 is 10.0 Å². The number of nitrogens with zero attached hydrogens (tertiary/aromatic N) is 4. The summed E-state index contributed by atoms with van der Waals surface area (Å²) in [7, 11) is -2.09. The van der Waals surface area contributed by atoms with Crippen LogP contribution in [-0.4, -0.2) is 33.2 Å². The molecule has 0 atom stereocenters. The first-order chi connectivity index (χ1) is 7.49. The number of hydrogen-bond donors (Lipinski definition) is 2. The summed E-state index contributed by atoms with van der Waals surface area (Å²) in [5.41, 5.74) is 0. The maximum Gasteiger partial charge on any atom is 0.281 e. The smallest absolute Gasteiger partial charge is 0.281 e. The Bertz CT molecular complexity index is 598. The Morgan fingerprint density at radius 3 is 2.69 bits per heavy atom. The van der Waals surface area contributed by atoms with E-state index in [0.717, 1.165) is 0 Å². The first kappa shape index (κ1) is 10.6. The van der Waals surface area contributed by atoms with Crippen LogP contribution in [0.4, 0.5) is 5.95 Å². The molecule has 0 radical (unpaired) electrons. The maximum atomic E-state index is 11.8. The summed E-state index contributed by atoms with van der Waals surface area (Å²) in [5.74, 6) is 0.672. The van der Waals surface area contributed by atoms with Gasteiger partial charge in [0.05, 0.1) is 6.20 Å². The van der Waals surface area contributed by atoms with Gasteiger partial charge in [-0.3, -0.25) is 0 Å². The topological polar surface area (TPSA) is 106 Å². The predicted molar refractivity (Wildman–Crippen MR) is 55.1 cm³/mol. The Balaban J connectivity index is 2.31. The first-order valence-electron chi connectivity index (χ1n) is 4.37. The average molecular weight is 242 g/mol. The van der Waals surface area contributed by atoms with Crippen molar-refractivity contribution in [2.24, 2.45) is 7.05 Å². The number of aryl methyl sites for hydroxylation is 2. The van der Waals surface area contributed by atoms with Gasteiger partial charge >= 0.3 is 0 Å². The molecular formula is C7H10N6O2S. The molecule has 2 aromatic rings. The molecular weight excluding hydrogens is 232 g/mol. The van der Waals surface area contributed by atoms with Crippen LogP contribution in [0.25, 0.3) is 0 Å². The summed E-state index contributed by atoms with van der Waals surface area (Å²) in [6.45, 7) is 1.67. The zero-order chi connectivity index (χ0) is 11.8. The molecule has 0 bridgehead atoms. The van der Waals surface area contributed by atoms with E-state index in [0.29, 0.717) is 5.82 Å². The predicted octanol–water partition coefficient (Wildman–Crippen LogP) is -0.353. The zero-order valence-corrected chi connectivity index (χ0v) is 9.48. The highest BCUT2D eigenvalue weighted by Gasteiger charge is 2.18. The second kappa shape index (κ2) is 3.59. The molecule has 0 unspecified atom stereocenters. The van der Waals surface area contributed by atoms with Gasteiger partial charge in [0.2, 0.25) is 5.95 Å². The van der Waals surface area contributed by atoms with Crippen LogP contribution in [0.5, 0.6) is 0 Å². The summed E-state index contributed by atoms with van der Waals surface area (Å²) >= 11 is 0. The molecule has 2 rings (SSSR count). The van der Waals surface area contributed by atoms with E-state index in [9.17, 15) is 8.42 Å². The quantitative estimate of drug-likeness (QED) is 0.765. The van der Waals surface area contributed by atoms with Gasteiger partial charge < -0.3 is 4.98 Å². The van der Waals surface area contributed by atoms with Crippen molar-refractivity contribution in [1.29, 1.82) is 0 Å². The van der Waals surface area contributed by atoms with Crippen LogP contribution >= 0.6 is 0 Å². The minimum atomic E-state index is -3.68. The molecule has 9 heteroatoms. The summed E-state index contributed by atoms with van der Waals surface area (Å²) in [4.78, 5) is 10.2. The molecule has 0 amide bonds. The first-order valence-corrected chi connectivity index (χ1v) is 5.86. The number of imidazole rings is 1. The largest absolute Gasteiger partial charge is 0.332 e. The molecule has 8 nitrogen and oxygen atoms in total. The van der Waals surface area contributed by atoms with Gasteiger partial charge in [-0.05, 0) is 6.92 Å². The summed E-state index contributed by atoms with van der Waals surface area (Å²) in [6.07, 6.45) is 2.50. The highest BCUT2D eigenvalue weighted by atomic mass is 32.2. The molecule has 16 heavy (non-hydrogen) atoms. The SMILES string of the molecule is Cc1ncc(S(=O)(=O)Nc2ncnn2C)[nH]1. The second-order valence-electron chi connectivity index (χ2n) is 3.15. The van der Waals surface area contributed by atoms with E-state index in [4.69, 9.17) is 0 Å². The van der Waals surface area contributed by atoms with Crippen LogP contribution in [0, 0.1) is 6.92 Å². The van der Waals surface area contributed by atoms with Crippen LogP contribution < -0.4 is 4.72 Å². The maximum absolute atomic E-state index is 11.8. The van der Waals surface area contributed by atoms with Gasteiger partial charge in [-0.1, -0.05) is 0 Å². The van der Waals surface area contributed by atoms with E-state index in [1.165, 1.54) is 17.2 Å². The lowest BCUT2D eigenvalue weighted by molar-refractivity contribution is 0.597. The normalized spacial score (nSPS) is 11.6. The molecule has 2 N–H and O–H groups in total. The minimum Gasteiger partial charge on any atom is -0.332 e. The van der Waals surface area contributed by atoms with Crippen molar-refractivity contribution in [3.05, 3.63) is 18.3 Å². The number of sulfonamides is 1. The molecule has 0 spiro atoms. The van der Waals surface area contributed by atoms with Crippen molar-refractivity contribution in [1.82, 2.24) is 24.7 Å². The molecule has 0 aliphatic heterocycles. The van der Waals surface area contributed by atoms with Gasteiger partial charge in [0.15, 0.2) is 5.03 Å². The molecule has 0 saturated carbocycles. The lowest BCUT2D eigenvalue weighted by Crippen LogP contribution is -2.16. The number of hydrogen-bond acceptors (Lipinski definition) is 5. The highest BCUT2D eigenvalue weighted by molar-refractivity contribution is 7.92. The number of H-pyrrole nitrogens is 1. The Morgan fingerprint density at radius 1 is 1.44 bits per heavy atom. The van der Waals surface area contributed by atoms with Crippen LogP contribution in [0.3, 0.4) is 0 Å². The van der Waals surface area contributed by atoms with Gasteiger partial charge in [-0.15, -0.1) is 0 Å². The zero-order valence-electron chi connectivity index (χ0n) is 8.67. The standard InChI is InChI=1S/C7H10N6O2S/c1-5-8-3-6(11-5)16(14,15)12-7-9-4-10-13(7)2/h3-4H,1-2H3,(H,8,11)(H,9,10,12). The summed E-state index contributed by atoms with van der Waals surface area (Å²) in [5, 5.41) is 3.75. The van der Waals surface area contributed by atoms with Crippen molar-refractivity contribution in [3.63, 3.8) is 0 Å². The molecule has 0 fully saturated rings. The fourth-order valence-corrected chi connectivity index (χ4v) is 2.11. The Kier molecular flexibility index (Phi) is 2.38. The van der Waals surface area contributed by atoms with E-state index in [-0.39, 0.29) is 11.0 Å². The van der Waals surface area contributed by atoms with Crippen molar-refractivity contribution in [3.8, 4) is 0 Å². The van der Waals surface area contributed by atoms with Crippen LogP contribution in [0.1, 0.15) is 5.82 Å². The number of nitrogens with one attached hydrogen (secondary N) is 2. The fraction of sp³-hybridized carbons (Fsp3) is 0.286. The highest BCUT2D eigenvalue weighted by Crippen LogP contribution is 2.10. The summed E-state index contributed by atoms with van der Waals surface area (Å²) < 4.78 is 27.2. The second-order valence-corrected chi connectivity index (χ2v) is 4.80. The molecule has 0 aliphatic rings. The third-order valence-corrected chi connectivity index (χ3v) is 3.14. The van der Waals surface area contributed by atoms with E-state index in [1.54, 1.807) is 14.0 Å². The van der Waals surface area contributed by atoms with Gasteiger partial charge in [-0.2, -0.15) is 18.5 Å². The molecule has 0 aliphatic carbocycles. The number of aromatic nitrogens is 5. The lowest BCUT2D eigenvalue weighted by Gasteiger charge is -2.03. The van der Waals surface area contributed by atoms with Crippen molar-refractivity contribution in [2.45, 2.75) is 11.9 Å². The van der Waals surface area contributed by atoms with Crippen molar-refractivity contribution >= 4 is 16.0 Å². The van der Waals surface area contributed by atoms with Gasteiger partial charge in [-0.25, -0.2) is 14.4 Å². The van der Waals surface area contributed by atoms with Gasteiger partial charge in [0, 0.05) is 7.05 Å². The summed E-state index contributed by atoms with van der Waals surface area (Å²) in [6, 6.07) is 0.